The van der Waals surface area contributed by atoms with Crippen LogP contribution in [0, 0.1) is 0 Å². The maximum Gasteiger partial charge on any atom is 0.335 e. The molecule has 0 aromatic heterocycles. The summed E-state index contributed by atoms with van der Waals surface area (Å²) in [4.78, 5) is 10.8. The smallest absolute Gasteiger partial charge is 0.335 e. The van der Waals surface area contributed by atoms with Gasteiger partial charge in [-0.25, -0.2) is 13.2 Å². The van der Waals surface area contributed by atoms with E-state index in [-0.39, 0.29) is 15.5 Å². The van der Waals surface area contributed by atoms with Gasteiger partial charge in [0.15, 0.2) is 9.84 Å². The number of carboxylic acids is 1. The first-order valence-electron chi connectivity index (χ1n) is 5.77. The molecule has 2 rings (SSSR count). The van der Waals surface area contributed by atoms with Crippen LogP contribution in [0.1, 0.15) is 23.2 Å². The molecular formula is C12H13ClO5S. The Bertz CT molecular complexity index is 590. The summed E-state index contributed by atoms with van der Waals surface area (Å²) in [6.45, 7) is 0.778. The van der Waals surface area contributed by atoms with Crippen molar-refractivity contribution in [3.63, 3.8) is 0 Å². The number of ether oxygens (including phenoxy) is 1. The summed E-state index contributed by atoms with van der Waals surface area (Å²) in [6, 6.07) is 3.71. The third-order valence-electron chi connectivity index (χ3n) is 3.09. The van der Waals surface area contributed by atoms with E-state index in [1.54, 1.807) is 0 Å². The number of carbonyl (C=O) groups is 1. The highest BCUT2D eigenvalue weighted by molar-refractivity contribution is 7.92. The molecule has 1 aliphatic rings. The molecule has 0 unspecified atom stereocenters. The van der Waals surface area contributed by atoms with Crippen molar-refractivity contribution >= 4 is 27.4 Å². The van der Waals surface area contributed by atoms with Crippen LogP contribution in [0.3, 0.4) is 0 Å². The molecule has 0 radical (unpaired) electrons. The molecule has 0 aliphatic carbocycles. The number of carboxylic acid groups (broad SMARTS) is 1. The van der Waals surface area contributed by atoms with Gasteiger partial charge in [0.25, 0.3) is 0 Å². The van der Waals surface area contributed by atoms with Crippen molar-refractivity contribution in [2.45, 2.75) is 23.0 Å². The van der Waals surface area contributed by atoms with E-state index in [2.05, 4.69) is 0 Å². The van der Waals surface area contributed by atoms with Crippen LogP contribution in [0.4, 0.5) is 0 Å². The lowest BCUT2D eigenvalue weighted by atomic mass is 10.2. The first-order chi connectivity index (χ1) is 8.93. The number of benzene rings is 1. The summed E-state index contributed by atoms with van der Waals surface area (Å²) >= 11 is 5.90. The van der Waals surface area contributed by atoms with E-state index < -0.39 is 21.1 Å². The van der Waals surface area contributed by atoms with Gasteiger partial charge in [0.1, 0.15) is 0 Å². The van der Waals surface area contributed by atoms with Gasteiger partial charge in [-0.3, -0.25) is 0 Å². The molecule has 7 heteroatoms. The number of halogens is 1. The number of aromatic carboxylic acids is 1. The van der Waals surface area contributed by atoms with Gasteiger partial charge in [-0.2, -0.15) is 0 Å². The van der Waals surface area contributed by atoms with Gasteiger partial charge >= 0.3 is 5.97 Å². The fourth-order valence-electron chi connectivity index (χ4n) is 2.02. The molecule has 1 fully saturated rings. The predicted molar refractivity (Wildman–Crippen MR) is 69.4 cm³/mol. The molecule has 0 amide bonds. The Hall–Kier alpha value is -1.11. The summed E-state index contributed by atoms with van der Waals surface area (Å²) in [7, 11) is -3.62. The molecule has 104 valence electrons. The second kappa shape index (κ2) is 5.48. The first kappa shape index (κ1) is 14.3. The van der Waals surface area contributed by atoms with Gasteiger partial charge in [-0.05, 0) is 31.0 Å². The fourth-order valence-corrected chi connectivity index (χ4v) is 4.26. The number of rotatable bonds is 3. The van der Waals surface area contributed by atoms with Crippen LogP contribution in [0.15, 0.2) is 23.1 Å². The van der Waals surface area contributed by atoms with Gasteiger partial charge in [-0.1, -0.05) is 11.6 Å². The van der Waals surface area contributed by atoms with Gasteiger partial charge in [0.2, 0.25) is 0 Å². The lowest BCUT2D eigenvalue weighted by Gasteiger charge is -2.22. The first-order valence-corrected chi connectivity index (χ1v) is 7.70. The Morgan fingerprint density at radius 3 is 2.53 bits per heavy atom. The van der Waals surface area contributed by atoms with Crippen LogP contribution in [-0.4, -0.2) is 38.0 Å². The molecule has 19 heavy (non-hydrogen) atoms. The number of hydrogen-bond donors (Lipinski definition) is 1. The van der Waals surface area contributed by atoms with Crippen LogP contribution in [0.25, 0.3) is 0 Å². The Morgan fingerprint density at radius 1 is 1.32 bits per heavy atom. The van der Waals surface area contributed by atoms with Gasteiger partial charge in [0, 0.05) is 13.2 Å². The minimum atomic E-state index is -3.62. The minimum Gasteiger partial charge on any atom is -0.478 e. The van der Waals surface area contributed by atoms with Crippen LogP contribution in [0.5, 0.6) is 0 Å². The van der Waals surface area contributed by atoms with Crippen LogP contribution in [-0.2, 0) is 14.6 Å². The maximum atomic E-state index is 12.4. The quantitative estimate of drug-likeness (QED) is 0.923. The molecule has 1 saturated heterocycles. The molecular weight excluding hydrogens is 292 g/mol. The topological polar surface area (TPSA) is 80.7 Å². The van der Waals surface area contributed by atoms with E-state index in [1.165, 1.54) is 12.1 Å². The molecule has 0 spiro atoms. The van der Waals surface area contributed by atoms with E-state index in [0.717, 1.165) is 6.07 Å². The lowest BCUT2D eigenvalue weighted by Crippen LogP contribution is -2.29. The molecule has 1 aromatic rings. The summed E-state index contributed by atoms with van der Waals surface area (Å²) < 4.78 is 30.0. The van der Waals surface area contributed by atoms with Crippen molar-refractivity contribution in [3.8, 4) is 0 Å². The van der Waals surface area contributed by atoms with E-state index >= 15 is 0 Å². The van der Waals surface area contributed by atoms with E-state index in [9.17, 15) is 13.2 Å². The highest BCUT2D eigenvalue weighted by Gasteiger charge is 2.31. The Labute approximate surface area is 116 Å². The van der Waals surface area contributed by atoms with Crippen molar-refractivity contribution in [1.29, 1.82) is 0 Å². The molecule has 1 N–H and O–H groups in total. The second-order valence-electron chi connectivity index (χ2n) is 4.31. The van der Waals surface area contributed by atoms with Crippen LogP contribution < -0.4 is 0 Å². The highest BCUT2D eigenvalue weighted by atomic mass is 35.5. The molecule has 1 heterocycles. The van der Waals surface area contributed by atoms with Crippen molar-refractivity contribution in [1.82, 2.24) is 0 Å². The molecule has 0 atom stereocenters. The third kappa shape index (κ3) is 2.91. The molecule has 1 aliphatic heterocycles. The van der Waals surface area contributed by atoms with Gasteiger partial charge in [0.05, 0.1) is 20.7 Å². The summed E-state index contributed by atoms with van der Waals surface area (Å²) in [5.74, 6) is -1.18. The zero-order valence-electron chi connectivity index (χ0n) is 10.0. The summed E-state index contributed by atoms with van der Waals surface area (Å²) in [5.41, 5.74) is -0.0879. The predicted octanol–water partition coefficient (Wildman–Crippen LogP) is 1.99. The maximum absolute atomic E-state index is 12.4. The van der Waals surface area contributed by atoms with Crippen molar-refractivity contribution in [3.05, 3.63) is 28.8 Å². The Morgan fingerprint density at radius 2 is 1.95 bits per heavy atom. The fraction of sp³-hybridized carbons (Fsp3) is 0.417. The highest BCUT2D eigenvalue weighted by Crippen LogP contribution is 2.29. The Kier molecular flexibility index (Phi) is 4.13. The average Bonchev–Trinajstić information content (AvgIpc) is 2.39. The molecule has 1 aromatic carbocycles. The lowest BCUT2D eigenvalue weighted by molar-refractivity contribution is 0.0696. The van der Waals surface area contributed by atoms with Crippen LogP contribution in [0.2, 0.25) is 5.02 Å². The van der Waals surface area contributed by atoms with E-state index in [0.29, 0.717) is 26.1 Å². The zero-order chi connectivity index (χ0) is 14.0. The molecule has 0 bridgehead atoms. The number of sulfone groups is 1. The van der Waals surface area contributed by atoms with E-state index in [1.807, 2.05) is 0 Å². The van der Waals surface area contributed by atoms with Crippen molar-refractivity contribution in [2.24, 2.45) is 0 Å². The molecule has 0 saturated carbocycles. The van der Waals surface area contributed by atoms with Crippen molar-refractivity contribution < 1.29 is 23.1 Å². The largest absolute Gasteiger partial charge is 0.478 e. The normalized spacial score (nSPS) is 17.3. The summed E-state index contributed by atoms with van der Waals surface area (Å²) in [6.07, 6.45) is 0.798. The van der Waals surface area contributed by atoms with Crippen molar-refractivity contribution in [2.75, 3.05) is 13.2 Å². The minimum absolute atomic E-state index is 0.0523. The van der Waals surface area contributed by atoms with Gasteiger partial charge < -0.3 is 9.84 Å². The monoisotopic (exact) mass is 304 g/mol. The van der Waals surface area contributed by atoms with E-state index in [4.69, 9.17) is 21.4 Å². The Balaban J connectivity index is 2.44. The third-order valence-corrected chi connectivity index (χ3v) is 5.83. The molecule has 5 nitrogen and oxygen atoms in total. The average molecular weight is 305 g/mol. The van der Waals surface area contributed by atoms with Crippen LogP contribution >= 0.6 is 11.6 Å². The SMILES string of the molecule is O=C(O)c1ccc(Cl)c(S(=O)(=O)C2CCOCC2)c1. The summed E-state index contributed by atoms with van der Waals surface area (Å²) in [5, 5.41) is 8.40. The zero-order valence-corrected chi connectivity index (χ0v) is 11.6. The second-order valence-corrected chi connectivity index (χ2v) is 6.91. The number of hydrogen-bond acceptors (Lipinski definition) is 4. The standard InChI is InChI=1S/C12H13ClO5S/c13-10-2-1-8(12(14)15)7-11(10)19(16,17)9-3-5-18-6-4-9/h1-2,7,9H,3-6H2,(H,14,15). The van der Waals surface area contributed by atoms with Gasteiger partial charge in [-0.15, -0.1) is 0 Å².